The van der Waals surface area contributed by atoms with E-state index in [1.807, 2.05) is 4.90 Å². The standard InChI is InChI=1S/C24H32N6O3/c1-16(31)30-10-7-19(8-11-30)28-24-25-9-6-22(29-24)23(33)27-15-21(32)14-26-20-12-17-4-2-3-5-18(17)13-20/h2-6,9,19-21,26,32H,7-8,10-15H2,1H3,(H,27,33)(H,25,28,29). The van der Waals surface area contributed by atoms with Gasteiger partial charge in [0.15, 0.2) is 0 Å². The number of aliphatic hydroxyl groups excluding tert-OH is 1. The fraction of sp³-hybridized carbons (Fsp3) is 0.500. The molecule has 2 amide bonds. The number of carbonyl (C=O) groups excluding carboxylic acids is 2. The zero-order valence-corrected chi connectivity index (χ0v) is 19.0. The van der Waals surface area contributed by atoms with Gasteiger partial charge < -0.3 is 26.0 Å². The SMILES string of the molecule is CC(=O)N1CCC(Nc2nccc(C(=O)NCC(O)CNC3Cc4ccccc4C3)n2)CC1. The number of nitrogens with one attached hydrogen (secondary N) is 3. The molecule has 176 valence electrons. The predicted octanol–water partition coefficient (Wildman–Crippen LogP) is 0.747. The molecule has 1 aromatic carbocycles. The fourth-order valence-electron chi connectivity index (χ4n) is 4.46. The highest BCUT2D eigenvalue weighted by molar-refractivity contribution is 5.92. The van der Waals surface area contributed by atoms with Gasteiger partial charge in [0, 0.05) is 51.4 Å². The number of benzene rings is 1. The molecule has 1 saturated heterocycles. The molecular weight excluding hydrogens is 420 g/mol. The molecule has 0 saturated carbocycles. The fourth-order valence-corrected chi connectivity index (χ4v) is 4.46. The van der Waals surface area contributed by atoms with E-state index in [9.17, 15) is 14.7 Å². The number of anilines is 1. The number of carbonyl (C=O) groups is 2. The van der Waals surface area contributed by atoms with Gasteiger partial charge in [-0.1, -0.05) is 24.3 Å². The summed E-state index contributed by atoms with van der Waals surface area (Å²) >= 11 is 0. The Morgan fingerprint density at radius 1 is 1.09 bits per heavy atom. The molecule has 33 heavy (non-hydrogen) atoms. The van der Waals surface area contributed by atoms with Crippen molar-refractivity contribution < 1.29 is 14.7 Å². The second-order valence-electron chi connectivity index (χ2n) is 8.84. The lowest BCUT2D eigenvalue weighted by atomic mass is 10.1. The summed E-state index contributed by atoms with van der Waals surface area (Å²) in [6.07, 6.45) is 4.39. The Morgan fingerprint density at radius 3 is 2.45 bits per heavy atom. The topological polar surface area (TPSA) is 119 Å². The Kier molecular flexibility index (Phi) is 7.51. The lowest BCUT2D eigenvalue weighted by molar-refractivity contribution is -0.129. The average Bonchev–Trinajstić information content (AvgIpc) is 3.25. The first-order valence-corrected chi connectivity index (χ1v) is 11.6. The summed E-state index contributed by atoms with van der Waals surface area (Å²) in [4.78, 5) is 34.3. The van der Waals surface area contributed by atoms with E-state index in [2.05, 4.69) is 50.2 Å². The molecule has 0 spiro atoms. The van der Waals surface area contributed by atoms with Crippen molar-refractivity contribution in [2.45, 2.75) is 50.8 Å². The van der Waals surface area contributed by atoms with Crippen molar-refractivity contribution in [1.29, 1.82) is 0 Å². The number of aromatic nitrogens is 2. The third kappa shape index (κ3) is 6.27. The lowest BCUT2D eigenvalue weighted by Crippen LogP contribution is -2.42. The van der Waals surface area contributed by atoms with Crippen LogP contribution < -0.4 is 16.0 Å². The van der Waals surface area contributed by atoms with Crippen LogP contribution in [0.25, 0.3) is 0 Å². The molecule has 1 fully saturated rings. The molecule has 1 aliphatic heterocycles. The number of fused-ring (bicyclic) bond motifs is 1. The van der Waals surface area contributed by atoms with Crippen molar-refractivity contribution in [3.8, 4) is 0 Å². The molecule has 4 N–H and O–H groups in total. The summed E-state index contributed by atoms with van der Waals surface area (Å²) in [5.41, 5.74) is 2.96. The van der Waals surface area contributed by atoms with Crippen LogP contribution in [0.5, 0.6) is 0 Å². The number of nitrogens with zero attached hydrogens (tertiary/aromatic N) is 3. The van der Waals surface area contributed by atoms with Crippen molar-refractivity contribution in [3.05, 3.63) is 53.3 Å². The molecule has 2 heterocycles. The van der Waals surface area contributed by atoms with Gasteiger partial charge in [0.1, 0.15) is 5.69 Å². The van der Waals surface area contributed by atoms with E-state index in [-0.39, 0.29) is 30.1 Å². The molecule has 1 aromatic heterocycles. The molecule has 9 nitrogen and oxygen atoms in total. The van der Waals surface area contributed by atoms with Gasteiger partial charge >= 0.3 is 0 Å². The maximum atomic E-state index is 12.5. The summed E-state index contributed by atoms with van der Waals surface area (Å²) in [5.74, 6) is 0.139. The highest BCUT2D eigenvalue weighted by Crippen LogP contribution is 2.21. The van der Waals surface area contributed by atoms with Crippen LogP contribution in [0.2, 0.25) is 0 Å². The Hall–Kier alpha value is -3.04. The van der Waals surface area contributed by atoms with Gasteiger partial charge in [-0.15, -0.1) is 0 Å². The summed E-state index contributed by atoms with van der Waals surface area (Å²) < 4.78 is 0. The molecule has 2 aromatic rings. The smallest absolute Gasteiger partial charge is 0.270 e. The van der Waals surface area contributed by atoms with E-state index in [1.54, 1.807) is 19.2 Å². The van der Waals surface area contributed by atoms with Crippen LogP contribution in [0.15, 0.2) is 36.5 Å². The highest BCUT2D eigenvalue weighted by atomic mass is 16.3. The predicted molar refractivity (Wildman–Crippen MR) is 125 cm³/mol. The third-order valence-electron chi connectivity index (χ3n) is 6.35. The first-order valence-electron chi connectivity index (χ1n) is 11.6. The number of rotatable bonds is 8. The lowest BCUT2D eigenvalue weighted by Gasteiger charge is -2.31. The Balaban J connectivity index is 1.19. The Labute approximate surface area is 194 Å². The molecule has 2 aliphatic rings. The van der Waals surface area contributed by atoms with Crippen molar-refractivity contribution in [2.24, 2.45) is 0 Å². The average molecular weight is 453 g/mol. The first-order chi connectivity index (χ1) is 16.0. The summed E-state index contributed by atoms with van der Waals surface area (Å²) in [5, 5.41) is 19.7. The van der Waals surface area contributed by atoms with Gasteiger partial charge in [-0.2, -0.15) is 0 Å². The maximum absolute atomic E-state index is 12.5. The van der Waals surface area contributed by atoms with Crippen molar-refractivity contribution >= 4 is 17.8 Å². The van der Waals surface area contributed by atoms with Crippen LogP contribution in [0.1, 0.15) is 41.4 Å². The van der Waals surface area contributed by atoms with Crippen LogP contribution in [0.4, 0.5) is 5.95 Å². The number of likely N-dealkylation sites (tertiary alicyclic amines) is 1. The highest BCUT2D eigenvalue weighted by Gasteiger charge is 2.23. The maximum Gasteiger partial charge on any atom is 0.270 e. The van der Waals surface area contributed by atoms with Gasteiger partial charge in [-0.25, -0.2) is 9.97 Å². The van der Waals surface area contributed by atoms with Crippen molar-refractivity contribution in [3.63, 3.8) is 0 Å². The number of amides is 2. The largest absolute Gasteiger partial charge is 0.390 e. The molecule has 0 radical (unpaired) electrons. The van der Waals surface area contributed by atoms with E-state index < -0.39 is 6.10 Å². The Morgan fingerprint density at radius 2 is 1.79 bits per heavy atom. The molecule has 1 unspecified atom stereocenters. The molecular formula is C24H32N6O3. The molecule has 9 heteroatoms. The number of hydrogen-bond acceptors (Lipinski definition) is 7. The normalized spacial score (nSPS) is 17.5. The second-order valence-corrected chi connectivity index (χ2v) is 8.84. The zero-order chi connectivity index (χ0) is 23.2. The van der Waals surface area contributed by atoms with E-state index in [0.717, 1.165) is 25.7 Å². The number of aliphatic hydroxyl groups is 1. The van der Waals surface area contributed by atoms with Crippen molar-refractivity contribution in [1.82, 2.24) is 25.5 Å². The van der Waals surface area contributed by atoms with Gasteiger partial charge in [-0.3, -0.25) is 9.59 Å². The molecule has 0 bridgehead atoms. The minimum Gasteiger partial charge on any atom is -0.390 e. The number of hydrogen-bond donors (Lipinski definition) is 4. The van der Waals surface area contributed by atoms with Gasteiger partial charge in [0.2, 0.25) is 11.9 Å². The number of piperidine rings is 1. The van der Waals surface area contributed by atoms with Gasteiger partial charge in [0.05, 0.1) is 6.10 Å². The Bertz CT molecular complexity index is 951. The second kappa shape index (κ2) is 10.7. The van der Waals surface area contributed by atoms with E-state index in [0.29, 0.717) is 31.6 Å². The van der Waals surface area contributed by atoms with E-state index >= 15 is 0 Å². The van der Waals surface area contributed by atoms with Crippen LogP contribution in [0.3, 0.4) is 0 Å². The van der Waals surface area contributed by atoms with Crippen LogP contribution >= 0.6 is 0 Å². The quantitative estimate of drug-likeness (QED) is 0.467. The monoisotopic (exact) mass is 452 g/mol. The third-order valence-corrected chi connectivity index (χ3v) is 6.35. The summed E-state index contributed by atoms with van der Waals surface area (Å²) in [7, 11) is 0. The molecule has 4 rings (SSSR count). The molecule has 1 aliphatic carbocycles. The van der Waals surface area contributed by atoms with Gasteiger partial charge in [0.25, 0.3) is 5.91 Å². The van der Waals surface area contributed by atoms with Crippen molar-refractivity contribution in [2.75, 3.05) is 31.5 Å². The summed E-state index contributed by atoms with van der Waals surface area (Å²) in [6, 6.07) is 10.4. The first kappa shape index (κ1) is 23.1. The zero-order valence-electron chi connectivity index (χ0n) is 19.0. The minimum atomic E-state index is -0.691. The van der Waals surface area contributed by atoms with E-state index in [4.69, 9.17) is 0 Å². The van der Waals surface area contributed by atoms with Gasteiger partial charge in [-0.05, 0) is 42.9 Å². The minimum absolute atomic E-state index is 0.0918. The molecule has 1 atom stereocenters. The van der Waals surface area contributed by atoms with Crippen LogP contribution in [-0.4, -0.2) is 76.2 Å². The summed E-state index contributed by atoms with van der Waals surface area (Å²) in [6.45, 7) is 3.54. The van der Waals surface area contributed by atoms with Crippen LogP contribution in [0, 0.1) is 0 Å². The van der Waals surface area contributed by atoms with E-state index in [1.165, 1.54) is 11.1 Å². The van der Waals surface area contributed by atoms with Crippen LogP contribution in [-0.2, 0) is 17.6 Å².